The minimum Gasteiger partial charge on any atom is -0.468 e. The van der Waals surface area contributed by atoms with Crippen molar-refractivity contribution in [2.45, 2.75) is 50.5 Å². The van der Waals surface area contributed by atoms with E-state index in [4.69, 9.17) is 9.47 Å². The second kappa shape index (κ2) is 8.00. The molecule has 2 atom stereocenters. The number of para-hydroxylation sites is 1. The molecule has 0 saturated heterocycles. The standard InChI is InChI=1S/C20H24N2O6/c1-13(23)28-17-9-5-6-11-20(17,19(24)27-2)18-15(10-12-22(25)26)14-7-3-4-8-16(14)21-18/h3-4,7-8,17,21H,5-6,9-12H2,1-2H3/t17-,20-/m1/s1. The van der Waals surface area contributed by atoms with E-state index in [1.54, 1.807) is 0 Å². The fraction of sp³-hybridized carbons (Fsp3) is 0.500. The van der Waals surface area contributed by atoms with E-state index in [-0.39, 0.29) is 17.9 Å². The number of methoxy groups -OCH3 is 1. The number of ether oxygens (including phenoxy) is 2. The normalized spacial score (nSPS) is 22.0. The highest BCUT2D eigenvalue weighted by molar-refractivity contribution is 5.91. The van der Waals surface area contributed by atoms with Crippen molar-refractivity contribution in [2.24, 2.45) is 0 Å². The molecule has 1 aromatic carbocycles. The van der Waals surface area contributed by atoms with Gasteiger partial charge in [0.25, 0.3) is 0 Å². The van der Waals surface area contributed by atoms with Crippen LogP contribution in [0.15, 0.2) is 24.3 Å². The Hall–Kier alpha value is -2.90. The van der Waals surface area contributed by atoms with Crippen LogP contribution in [0.25, 0.3) is 10.9 Å². The van der Waals surface area contributed by atoms with Crippen molar-refractivity contribution < 1.29 is 24.0 Å². The van der Waals surface area contributed by atoms with E-state index in [2.05, 4.69) is 4.98 Å². The van der Waals surface area contributed by atoms with Crippen molar-refractivity contribution in [3.8, 4) is 0 Å². The quantitative estimate of drug-likeness (QED) is 0.463. The monoisotopic (exact) mass is 388 g/mol. The summed E-state index contributed by atoms with van der Waals surface area (Å²) < 4.78 is 10.7. The topological polar surface area (TPSA) is 112 Å². The minimum atomic E-state index is -1.20. The SMILES string of the molecule is COC(=O)[C@]1(c2[nH]c3ccccc3c2CC[N+](=O)[O-])CCCC[C@H]1OC(C)=O. The number of aromatic nitrogens is 1. The summed E-state index contributed by atoms with van der Waals surface area (Å²) in [5.41, 5.74) is 0.847. The zero-order valence-electron chi connectivity index (χ0n) is 16.0. The highest BCUT2D eigenvalue weighted by atomic mass is 16.6. The number of fused-ring (bicyclic) bond motifs is 1. The number of hydrogen-bond acceptors (Lipinski definition) is 6. The molecule has 0 radical (unpaired) electrons. The van der Waals surface area contributed by atoms with Gasteiger partial charge >= 0.3 is 11.9 Å². The second-order valence-corrected chi connectivity index (χ2v) is 7.14. The number of nitro groups is 1. The van der Waals surface area contributed by atoms with E-state index in [9.17, 15) is 19.7 Å². The third kappa shape index (κ3) is 3.46. The number of aromatic amines is 1. The van der Waals surface area contributed by atoms with E-state index in [1.807, 2.05) is 24.3 Å². The zero-order valence-corrected chi connectivity index (χ0v) is 16.0. The number of carbonyl (C=O) groups is 2. The van der Waals surface area contributed by atoms with Crippen LogP contribution in [-0.2, 0) is 30.9 Å². The van der Waals surface area contributed by atoms with Crippen LogP contribution in [0.5, 0.6) is 0 Å². The molecule has 1 aliphatic rings. The van der Waals surface area contributed by atoms with E-state index in [0.29, 0.717) is 24.1 Å². The number of esters is 2. The van der Waals surface area contributed by atoms with Gasteiger partial charge in [0.1, 0.15) is 11.5 Å². The van der Waals surface area contributed by atoms with Crippen LogP contribution in [-0.4, -0.2) is 41.6 Å². The van der Waals surface area contributed by atoms with Crippen molar-refractivity contribution in [1.29, 1.82) is 0 Å². The Morgan fingerprint density at radius 2 is 2.07 bits per heavy atom. The van der Waals surface area contributed by atoms with Crippen molar-refractivity contribution in [2.75, 3.05) is 13.7 Å². The summed E-state index contributed by atoms with van der Waals surface area (Å²) in [7, 11) is 1.31. The van der Waals surface area contributed by atoms with Crippen LogP contribution in [0.4, 0.5) is 0 Å². The molecule has 3 rings (SSSR count). The number of hydrogen-bond donors (Lipinski definition) is 1. The number of carbonyl (C=O) groups excluding carboxylic acids is 2. The first-order valence-corrected chi connectivity index (χ1v) is 9.37. The molecule has 0 amide bonds. The second-order valence-electron chi connectivity index (χ2n) is 7.14. The van der Waals surface area contributed by atoms with E-state index in [1.165, 1.54) is 14.0 Å². The van der Waals surface area contributed by atoms with Crippen molar-refractivity contribution in [3.05, 3.63) is 45.6 Å². The maximum Gasteiger partial charge on any atom is 0.321 e. The molecule has 8 nitrogen and oxygen atoms in total. The lowest BCUT2D eigenvalue weighted by Gasteiger charge is -2.40. The third-order valence-electron chi connectivity index (χ3n) is 5.50. The van der Waals surface area contributed by atoms with Crippen LogP contribution in [0.1, 0.15) is 43.9 Å². The van der Waals surface area contributed by atoms with Gasteiger partial charge in [-0.15, -0.1) is 0 Å². The molecular weight excluding hydrogens is 364 g/mol. The predicted molar refractivity (Wildman–Crippen MR) is 102 cm³/mol. The Bertz CT molecular complexity index is 905. The molecule has 8 heteroatoms. The van der Waals surface area contributed by atoms with Crippen molar-refractivity contribution in [3.63, 3.8) is 0 Å². The van der Waals surface area contributed by atoms with Crippen LogP contribution in [0.3, 0.4) is 0 Å². The van der Waals surface area contributed by atoms with Crippen molar-refractivity contribution in [1.82, 2.24) is 4.98 Å². The van der Waals surface area contributed by atoms with E-state index in [0.717, 1.165) is 23.7 Å². The largest absolute Gasteiger partial charge is 0.468 e. The van der Waals surface area contributed by atoms with Gasteiger partial charge in [0.2, 0.25) is 6.54 Å². The summed E-state index contributed by atoms with van der Waals surface area (Å²) in [5, 5.41) is 11.9. The minimum absolute atomic E-state index is 0.165. The fourth-order valence-corrected chi connectivity index (χ4v) is 4.35. The first kappa shape index (κ1) is 19.9. The first-order chi connectivity index (χ1) is 13.4. The number of H-pyrrole nitrogens is 1. The molecule has 0 aliphatic heterocycles. The third-order valence-corrected chi connectivity index (χ3v) is 5.50. The summed E-state index contributed by atoms with van der Waals surface area (Å²) in [5.74, 6) is -0.963. The lowest BCUT2D eigenvalue weighted by molar-refractivity contribution is -0.479. The molecule has 0 bridgehead atoms. The lowest BCUT2D eigenvalue weighted by atomic mass is 9.68. The first-order valence-electron chi connectivity index (χ1n) is 9.37. The summed E-state index contributed by atoms with van der Waals surface area (Å²) in [4.78, 5) is 38.8. The molecule has 150 valence electrons. The average molecular weight is 388 g/mol. The lowest BCUT2D eigenvalue weighted by Crippen LogP contribution is -2.52. The maximum atomic E-state index is 13.1. The molecular formula is C20H24N2O6. The highest BCUT2D eigenvalue weighted by Crippen LogP contribution is 2.45. The molecule has 2 aromatic rings. The van der Waals surface area contributed by atoms with Gasteiger partial charge in [0.15, 0.2) is 0 Å². The van der Waals surface area contributed by atoms with Gasteiger partial charge in [-0.1, -0.05) is 24.6 Å². The van der Waals surface area contributed by atoms with Crippen LogP contribution in [0, 0.1) is 10.1 Å². The zero-order chi connectivity index (χ0) is 20.3. The molecule has 1 heterocycles. The van der Waals surface area contributed by atoms with Gasteiger partial charge in [0.05, 0.1) is 7.11 Å². The summed E-state index contributed by atoms with van der Waals surface area (Å²) >= 11 is 0. The smallest absolute Gasteiger partial charge is 0.321 e. The Labute approximate surface area is 162 Å². The van der Waals surface area contributed by atoms with Gasteiger partial charge in [0, 0.05) is 34.9 Å². The van der Waals surface area contributed by atoms with Gasteiger partial charge in [-0.2, -0.15) is 0 Å². The summed E-state index contributed by atoms with van der Waals surface area (Å²) in [6.07, 6.45) is 2.03. The summed E-state index contributed by atoms with van der Waals surface area (Å²) in [6, 6.07) is 7.45. The molecule has 1 aliphatic carbocycles. The Balaban J connectivity index is 2.23. The average Bonchev–Trinajstić information content (AvgIpc) is 3.04. The summed E-state index contributed by atoms with van der Waals surface area (Å²) in [6.45, 7) is 1.06. The fourth-order valence-electron chi connectivity index (χ4n) is 4.35. The molecule has 1 N–H and O–H groups in total. The van der Waals surface area contributed by atoms with Gasteiger partial charge in [-0.05, 0) is 30.9 Å². The molecule has 1 fully saturated rings. The van der Waals surface area contributed by atoms with Gasteiger partial charge in [-0.25, -0.2) is 0 Å². The maximum absolute atomic E-state index is 13.1. The molecule has 1 aromatic heterocycles. The Morgan fingerprint density at radius 1 is 1.32 bits per heavy atom. The Morgan fingerprint density at radius 3 is 2.75 bits per heavy atom. The van der Waals surface area contributed by atoms with E-state index < -0.39 is 23.5 Å². The molecule has 0 unspecified atom stereocenters. The van der Waals surface area contributed by atoms with Crippen LogP contribution >= 0.6 is 0 Å². The van der Waals surface area contributed by atoms with Crippen LogP contribution < -0.4 is 0 Å². The number of nitrogens with one attached hydrogen (secondary N) is 1. The number of rotatable bonds is 6. The van der Waals surface area contributed by atoms with E-state index >= 15 is 0 Å². The molecule has 1 saturated carbocycles. The van der Waals surface area contributed by atoms with Crippen molar-refractivity contribution >= 4 is 22.8 Å². The number of benzene rings is 1. The molecule has 0 spiro atoms. The van der Waals surface area contributed by atoms with Gasteiger partial charge in [-0.3, -0.25) is 19.7 Å². The Kier molecular flexibility index (Phi) is 5.67. The predicted octanol–water partition coefficient (Wildman–Crippen LogP) is 2.90. The van der Waals surface area contributed by atoms with Gasteiger partial charge < -0.3 is 14.5 Å². The number of nitrogens with zero attached hydrogens (tertiary/aromatic N) is 1. The van der Waals surface area contributed by atoms with Crippen LogP contribution in [0.2, 0.25) is 0 Å². The molecule has 28 heavy (non-hydrogen) atoms. The highest BCUT2D eigenvalue weighted by Gasteiger charge is 2.53.